The van der Waals surface area contributed by atoms with Crippen LogP contribution in [0, 0.1) is 0 Å². The fourth-order valence-electron chi connectivity index (χ4n) is 7.23. The second-order valence-electron chi connectivity index (χ2n) is 11.5. The predicted molar refractivity (Wildman–Crippen MR) is 155 cm³/mol. The topological polar surface area (TPSA) is 0 Å². The van der Waals surface area contributed by atoms with Crippen molar-refractivity contribution in [3.8, 4) is 0 Å². The van der Waals surface area contributed by atoms with Gasteiger partial charge in [0.1, 0.15) is 15.2 Å². The van der Waals surface area contributed by atoms with E-state index < -0.39 is 15.2 Å². The summed E-state index contributed by atoms with van der Waals surface area (Å²) in [7, 11) is -5.01. The Kier molecular flexibility index (Phi) is 6.59. The maximum absolute atomic E-state index is 2.58. The Morgan fingerprint density at radius 1 is 0.353 bits per heavy atom. The van der Waals surface area contributed by atoms with Crippen molar-refractivity contribution in [3.63, 3.8) is 0 Å². The third kappa shape index (κ3) is 3.64. The molecule has 0 fully saturated rings. The summed E-state index contributed by atoms with van der Waals surface area (Å²) in [6, 6.07) is 46.1. The van der Waals surface area contributed by atoms with E-state index in [1.165, 1.54) is 15.6 Å². The number of rotatable bonds is 5. The third-order valence-corrected chi connectivity index (χ3v) is 29.4. The van der Waals surface area contributed by atoms with E-state index in [4.69, 9.17) is 0 Å². The van der Waals surface area contributed by atoms with Crippen LogP contribution < -0.4 is 20.7 Å². The standard InChI is InChI=1S/C32H38Si2/c1-31(2,3)34(32(4,5)6,30-25-17-10-18-26-30)33(27-19-11-7-12-20-27,28-21-13-8-14-22-28)29-23-15-9-16-24-29/h7-26H,1-6H3. The Hall–Kier alpha value is -2.69. The molecule has 0 N–H and O–H groups in total. The van der Waals surface area contributed by atoms with Gasteiger partial charge < -0.3 is 0 Å². The molecule has 4 aromatic carbocycles. The van der Waals surface area contributed by atoms with Crippen molar-refractivity contribution in [2.75, 3.05) is 0 Å². The quantitative estimate of drug-likeness (QED) is 0.237. The zero-order chi connectivity index (χ0) is 24.5. The first kappa shape index (κ1) is 24.4. The van der Waals surface area contributed by atoms with E-state index in [1.54, 1.807) is 5.19 Å². The van der Waals surface area contributed by atoms with Crippen LogP contribution in [0.2, 0.25) is 10.1 Å². The monoisotopic (exact) mass is 478 g/mol. The predicted octanol–water partition coefficient (Wildman–Crippen LogP) is 6.19. The molecule has 0 amide bonds. The molecule has 34 heavy (non-hydrogen) atoms. The fraction of sp³-hybridized carbons (Fsp3) is 0.250. The van der Waals surface area contributed by atoms with Crippen LogP contribution in [0.1, 0.15) is 41.5 Å². The zero-order valence-electron chi connectivity index (χ0n) is 21.5. The Bertz CT molecular complexity index is 1080. The summed E-state index contributed by atoms with van der Waals surface area (Å²) < 4.78 is 0. The summed E-state index contributed by atoms with van der Waals surface area (Å²) in [6.45, 7) is 15.1. The van der Waals surface area contributed by atoms with Crippen LogP contribution in [0.3, 0.4) is 0 Å². The zero-order valence-corrected chi connectivity index (χ0v) is 23.5. The van der Waals surface area contributed by atoms with Gasteiger partial charge in [-0.15, -0.1) is 0 Å². The molecule has 0 nitrogen and oxygen atoms in total. The number of hydrogen-bond donors (Lipinski definition) is 0. The van der Waals surface area contributed by atoms with Crippen molar-refractivity contribution >= 4 is 35.9 Å². The number of benzene rings is 4. The van der Waals surface area contributed by atoms with Crippen molar-refractivity contribution in [1.29, 1.82) is 0 Å². The summed E-state index contributed by atoms with van der Waals surface area (Å²) in [5.41, 5.74) is 0. The molecule has 4 rings (SSSR count). The van der Waals surface area contributed by atoms with Crippen LogP contribution in [0.15, 0.2) is 121 Å². The smallest absolute Gasteiger partial charge is 0.0632 e. The van der Waals surface area contributed by atoms with Gasteiger partial charge >= 0.3 is 0 Å². The van der Waals surface area contributed by atoms with E-state index in [2.05, 4.69) is 163 Å². The van der Waals surface area contributed by atoms with Gasteiger partial charge in [0.05, 0.1) is 0 Å². The van der Waals surface area contributed by atoms with Gasteiger partial charge in [-0.2, -0.15) is 0 Å². The molecule has 0 aliphatic rings. The van der Waals surface area contributed by atoms with Gasteiger partial charge in [0, 0.05) is 0 Å². The van der Waals surface area contributed by atoms with Crippen molar-refractivity contribution in [3.05, 3.63) is 121 Å². The molecular formula is C32H38Si2. The highest BCUT2D eigenvalue weighted by Crippen LogP contribution is 2.54. The minimum absolute atomic E-state index is 0.0976. The van der Waals surface area contributed by atoms with Crippen molar-refractivity contribution in [2.24, 2.45) is 0 Å². The number of hydrogen-bond acceptors (Lipinski definition) is 0. The van der Waals surface area contributed by atoms with Gasteiger partial charge in [0.2, 0.25) is 0 Å². The molecule has 0 radical (unpaired) electrons. The fourth-order valence-corrected chi connectivity index (χ4v) is 32.9. The van der Waals surface area contributed by atoms with Gasteiger partial charge in [-0.25, -0.2) is 0 Å². The Balaban J connectivity index is 2.36. The van der Waals surface area contributed by atoms with Gasteiger partial charge in [0.15, 0.2) is 0 Å². The molecule has 0 spiro atoms. The highest BCUT2D eigenvalue weighted by molar-refractivity contribution is 7.61. The van der Waals surface area contributed by atoms with E-state index in [1.807, 2.05) is 0 Å². The van der Waals surface area contributed by atoms with Gasteiger partial charge in [-0.3, -0.25) is 0 Å². The maximum atomic E-state index is 2.52. The first-order valence-electron chi connectivity index (χ1n) is 12.4. The first-order chi connectivity index (χ1) is 16.2. The van der Waals surface area contributed by atoms with Crippen LogP contribution in [0.5, 0.6) is 0 Å². The molecule has 0 saturated heterocycles. The van der Waals surface area contributed by atoms with Crippen molar-refractivity contribution < 1.29 is 0 Å². The van der Waals surface area contributed by atoms with E-state index in [0.717, 1.165) is 0 Å². The van der Waals surface area contributed by atoms with E-state index in [9.17, 15) is 0 Å². The second-order valence-corrected chi connectivity index (χ2v) is 24.3. The lowest BCUT2D eigenvalue weighted by Gasteiger charge is -2.62. The van der Waals surface area contributed by atoms with Crippen LogP contribution in [-0.4, -0.2) is 15.2 Å². The van der Waals surface area contributed by atoms with Crippen LogP contribution in [0.25, 0.3) is 0 Å². The van der Waals surface area contributed by atoms with E-state index in [-0.39, 0.29) is 10.1 Å². The molecule has 0 saturated carbocycles. The highest BCUT2D eigenvalue weighted by atomic mass is 29.3. The molecule has 2 heteroatoms. The molecule has 0 aliphatic heterocycles. The average molecular weight is 479 g/mol. The summed E-state index contributed by atoms with van der Waals surface area (Å²) in [5.74, 6) is 0. The summed E-state index contributed by atoms with van der Waals surface area (Å²) >= 11 is 0. The van der Waals surface area contributed by atoms with Crippen LogP contribution in [-0.2, 0) is 0 Å². The SMILES string of the molecule is CC(C)(C)[Si](c1ccccc1)(C(C)(C)C)[Si](c1ccccc1)(c1ccccc1)c1ccccc1. The lowest BCUT2D eigenvalue weighted by Crippen LogP contribution is -2.91. The highest BCUT2D eigenvalue weighted by Gasteiger charge is 2.69. The maximum Gasteiger partial charge on any atom is 0.145 e. The normalized spacial score (nSPS) is 13.0. The van der Waals surface area contributed by atoms with Gasteiger partial charge in [0.25, 0.3) is 0 Å². The Morgan fingerprint density at radius 3 is 0.824 bits per heavy atom. The average Bonchev–Trinajstić information content (AvgIpc) is 2.83. The Morgan fingerprint density at radius 2 is 0.588 bits per heavy atom. The molecule has 0 heterocycles. The van der Waals surface area contributed by atoms with Gasteiger partial charge in [-0.1, -0.05) is 184 Å². The summed E-state index contributed by atoms with van der Waals surface area (Å²) in [5, 5.41) is 6.33. The summed E-state index contributed by atoms with van der Waals surface area (Å²) in [6.07, 6.45) is 0. The molecule has 0 aromatic heterocycles. The molecule has 174 valence electrons. The van der Waals surface area contributed by atoms with Crippen LogP contribution >= 0.6 is 0 Å². The largest absolute Gasteiger partial charge is 0.145 e. The third-order valence-electron chi connectivity index (χ3n) is 7.64. The lowest BCUT2D eigenvalue weighted by molar-refractivity contribution is 0.642. The van der Waals surface area contributed by atoms with Crippen molar-refractivity contribution in [1.82, 2.24) is 0 Å². The molecule has 0 unspecified atom stereocenters. The first-order valence-corrected chi connectivity index (χ1v) is 17.4. The minimum Gasteiger partial charge on any atom is -0.0632 e. The van der Waals surface area contributed by atoms with Crippen LogP contribution in [0.4, 0.5) is 0 Å². The molecule has 0 aliphatic carbocycles. The van der Waals surface area contributed by atoms with E-state index >= 15 is 0 Å². The van der Waals surface area contributed by atoms with Gasteiger partial charge in [-0.05, 0) is 10.1 Å². The van der Waals surface area contributed by atoms with Crippen molar-refractivity contribution in [2.45, 2.75) is 51.6 Å². The lowest BCUT2D eigenvalue weighted by atomic mass is 10.2. The molecule has 0 bridgehead atoms. The molecular weight excluding hydrogens is 441 g/mol. The molecule has 4 aromatic rings. The summed E-state index contributed by atoms with van der Waals surface area (Å²) in [4.78, 5) is 0. The van der Waals surface area contributed by atoms with E-state index in [0.29, 0.717) is 0 Å². The second kappa shape index (κ2) is 9.16. The Labute approximate surface area is 208 Å². The molecule has 0 atom stereocenters. The minimum atomic E-state index is -2.58.